The van der Waals surface area contributed by atoms with Gasteiger partial charge in [-0.1, -0.05) is 48.9 Å². The zero-order chi connectivity index (χ0) is 14.0. The molecule has 0 aliphatic carbocycles. The van der Waals surface area contributed by atoms with Crippen LogP contribution in [0.5, 0.6) is 0 Å². The maximum Gasteiger partial charge on any atom is 0.0587 e. The number of nitrogens with one attached hydrogen (secondary N) is 1. The maximum absolute atomic E-state index is 5.01. The number of benzene rings is 2. The monoisotopic (exact) mass is 271 g/mol. The Hall–Kier alpha value is -1.38. The molecular formula is C18H25NO. The second-order valence-corrected chi connectivity index (χ2v) is 5.19. The summed E-state index contributed by atoms with van der Waals surface area (Å²) in [5, 5.41) is 6.15. The lowest BCUT2D eigenvalue weighted by atomic mass is 10.00. The number of fused-ring (bicyclic) bond motifs is 1. The molecule has 0 amide bonds. The average molecular weight is 271 g/mol. The average Bonchev–Trinajstić information content (AvgIpc) is 2.50. The molecule has 0 atom stereocenters. The van der Waals surface area contributed by atoms with Crippen LogP contribution in [0.1, 0.15) is 24.8 Å². The first kappa shape index (κ1) is 15.0. The quantitative estimate of drug-likeness (QED) is 0.701. The molecule has 2 nitrogen and oxygen atoms in total. The predicted molar refractivity (Wildman–Crippen MR) is 86.2 cm³/mol. The minimum atomic E-state index is 0.802. The summed E-state index contributed by atoms with van der Waals surface area (Å²) in [6.07, 6.45) is 4.97. The molecule has 20 heavy (non-hydrogen) atoms. The van der Waals surface area contributed by atoms with E-state index < -0.39 is 0 Å². The second-order valence-electron chi connectivity index (χ2n) is 5.19. The number of rotatable bonds is 9. The molecule has 2 aromatic rings. The first-order valence-electron chi connectivity index (χ1n) is 7.58. The van der Waals surface area contributed by atoms with Gasteiger partial charge >= 0.3 is 0 Å². The first-order valence-corrected chi connectivity index (χ1v) is 7.58. The maximum atomic E-state index is 5.01. The predicted octanol–water partition coefficient (Wildman–Crippen LogP) is 3.79. The van der Waals surface area contributed by atoms with Gasteiger partial charge in [-0.3, -0.25) is 0 Å². The van der Waals surface area contributed by atoms with Crippen molar-refractivity contribution in [3.8, 4) is 0 Å². The summed E-state index contributed by atoms with van der Waals surface area (Å²) in [6, 6.07) is 15.3. The smallest absolute Gasteiger partial charge is 0.0587 e. The molecule has 2 aromatic carbocycles. The molecule has 0 heterocycles. The number of hydrogen-bond donors (Lipinski definition) is 1. The molecule has 0 unspecified atom stereocenters. The summed E-state index contributed by atoms with van der Waals surface area (Å²) in [5.41, 5.74) is 1.48. The Kier molecular flexibility index (Phi) is 6.55. The zero-order valence-corrected chi connectivity index (χ0v) is 12.4. The molecule has 0 fully saturated rings. The fraction of sp³-hybridized carbons (Fsp3) is 0.444. The highest BCUT2D eigenvalue weighted by Crippen LogP contribution is 2.20. The molecule has 0 spiro atoms. The molecule has 0 saturated carbocycles. The fourth-order valence-electron chi connectivity index (χ4n) is 2.55. The van der Waals surface area contributed by atoms with Crippen LogP contribution in [0.25, 0.3) is 10.8 Å². The second kappa shape index (κ2) is 8.72. The van der Waals surface area contributed by atoms with Gasteiger partial charge in [-0.15, -0.1) is 0 Å². The van der Waals surface area contributed by atoms with Crippen LogP contribution in [0.4, 0.5) is 0 Å². The van der Waals surface area contributed by atoms with Crippen LogP contribution in [0, 0.1) is 0 Å². The summed E-state index contributed by atoms with van der Waals surface area (Å²) in [7, 11) is 1.74. The van der Waals surface area contributed by atoms with E-state index in [1.54, 1.807) is 7.11 Å². The van der Waals surface area contributed by atoms with Crippen molar-refractivity contribution in [2.45, 2.75) is 25.7 Å². The van der Waals surface area contributed by atoms with Gasteiger partial charge < -0.3 is 10.1 Å². The van der Waals surface area contributed by atoms with E-state index in [1.165, 1.54) is 42.0 Å². The van der Waals surface area contributed by atoms with Gasteiger partial charge in [0.05, 0.1) is 6.61 Å². The van der Waals surface area contributed by atoms with Crippen molar-refractivity contribution in [1.29, 1.82) is 0 Å². The number of ether oxygens (including phenoxy) is 1. The van der Waals surface area contributed by atoms with Crippen LogP contribution in [0.2, 0.25) is 0 Å². The molecule has 1 N–H and O–H groups in total. The Labute approximate surface area is 122 Å². The van der Waals surface area contributed by atoms with Gasteiger partial charge in [0.1, 0.15) is 0 Å². The third-order valence-electron chi connectivity index (χ3n) is 3.66. The summed E-state index contributed by atoms with van der Waals surface area (Å²) < 4.78 is 5.01. The van der Waals surface area contributed by atoms with Crippen molar-refractivity contribution in [1.82, 2.24) is 5.32 Å². The molecule has 0 saturated heterocycles. The standard InChI is InChI=1S/C18H25NO/c1-20-15-14-19-13-6-2-3-8-16-10-7-11-17-9-4-5-12-18(16)17/h4-5,7,9-12,19H,2-3,6,8,13-15H2,1H3. The third kappa shape index (κ3) is 4.62. The minimum absolute atomic E-state index is 0.802. The van der Waals surface area contributed by atoms with Gasteiger partial charge in [0.25, 0.3) is 0 Å². The minimum Gasteiger partial charge on any atom is -0.383 e. The molecule has 0 aliphatic heterocycles. The number of methoxy groups -OCH3 is 1. The third-order valence-corrected chi connectivity index (χ3v) is 3.66. The van der Waals surface area contributed by atoms with Gasteiger partial charge in [-0.25, -0.2) is 0 Å². The zero-order valence-electron chi connectivity index (χ0n) is 12.4. The lowest BCUT2D eigenvalue weighted by molar-refractivity contribution is 0.199. The Bertz CT molecular complexity index is 504. The van der Waals surface area contributed by atoms with Crippen molar-refractivity contribution in [2.24, 2.45) is 0 Å². The first-order chi connectivity index (χ1) is 9.92. The lowest BCUT2D eigenvalue weighted by Crippen LogP contribution is -2.20. The van der Waals surface area contributed by atoms with E-state index >= 15 is 0 Å². The Morgan fingerprint density at radius 2 is 1.75 bits per heavy atom. The SMILES string of the molecule is COCCNCCCCCc1cccc2ccccc12. The molecular weight excluding hydrogens is 246 g/mol. The van der Waals surface area contributed by atoms with Crippen LogP contribution < -0.4 is 5.32 Å². The molecule has 0 aromatic heterocycles. The van der Waals surface area contributed by atoms with E-state index in [2.05, 4.69) is 47.8 Å². The van der Waals surface area contributed by atoms with Crippen molar-refractivity contribution >= 4 is 10.8 Å². The largest absolute Gasteiger partial charge is 0.383 e. The van der Waals surface area contributed by atoms with E-state index in [-0.39, 0.29) is 0 Å². The van der Waals surface area contributed by atoms with E-state index in [4.69, 9.17) is 4.74 Å². The Balaban J connectivity index is 1.71. The highest BCUT2D eigenvalue weighted by Gasteiger charge is 1.99. The van der Waals surface area contributed by atoms with E-state index in [1.807, 2.05) is 0 Å². The highest BCUT2D eigenvalue weighted by molar-refractivity contribution is 5.85. The molecule has 0 bridgehead atoms. The highest BCUT2D eigenvalue weighted by atomic mass is 16.5. The summed E-state index contributed by atoms with van der Waals surface area (Å²) in [5.74, 6) is 0. The van der Waals surface area contributed by atoms with Gasteiger partial charge in [-0.2, -0.15) is 0 Å². The van der Waals surface area contributed by atoms with Crippen molar-refractivity contribution in [3.05, 3.63) is 48.0 Å². The Morgan fingerprint density at radius 1 is 0.900 bits per heavy atom. The van der Waals surface area contributed by atoms with Crippen molar-refractivity contribution in [3.63, 3.8) is 0 Å². The van der Waals surface area contributed by atoms with Gasteiger partial charge in [0.15, 0.2) is 0 Å². The van der Waals surface area contributed by atoms with Crippen molar-refractivity contribution < 1.29 is 4.74 Å². The number of aryl methyl sites for hydroxylation is 1. The molecule has 0 radical (unpaired) electrons. The number of hydrogen-bond acceptors (Lipinski definition) is 2. The van der Waals surface area contributed by atoms with Gasteiger partial charge in [-0.05, 0) is 42.1 Å². The van der Waals surface area contributed by atoms with E-state index in [0.717, 1.165) is 19.7 Å². The van der Waals surface area contributed by atoms with E-state index in [9.17, 15) is 0 Å². The van der Waals surface area contributed by atoms with E-state index in [0.29, 0.717) is 0 Å². The Morgan fingerprint density at radius 3 is 2.65 bits per heavy atom. The molecule has 0 aliphatic rings. The van der Waals surface area contributed by atoms with Crippen LogP contribution in [0.15, 0.2) is 42.5 Å². The van der Waals surface area contributed by atoms with Crippen LogP contribution >= 0.6 is 0 Å². The normalized spacial score (nSPS) is 11.1. The van der Waals surface area contributed by atoms with Gasteiger partial charge in [0, 0.05) is 13.7 Å². The molecule has 108 valence electrons. The van der Waals surface area contributed by atoms with Crippen LogP contribution in [-0.4, -0.2) is 26.8 Å². The summed E-state index contributed by atoms with van der Waals surface area (Å²) >= 11 is 0. The summed E-state index contributed by atoms with van der Waals surface area (Å²) in [6.45, 7) is 2.86. The van der Waals surface area contributed by atoms with Crippen molar-refractivity contribution in [2.75, 3.05) is 26.8 Å². The molecule has 2 rings (SSSR count). The summed E-state index contributed by atoms with van der Waals surface area (Å²) in [4.78, 5) is 0. The van der Waals surface area contributed by atoms with Gasteiger partial charge in [0.2, 0.25) is 0 Å². The molecule has 2 heteroatoms. The van der Waals surface area contributed by atoms with Crippen LogP contribution in [-0.2, 0) is 11.2 Å². The lowest BCUT2D eigenvalue weighted by Gasteiger charge is -2.07. The number of unbranched alkanes of at least 4 members (excludes halogenated alkanes) is 2. The van der Waals surface area contributed by atoms with Crippen LogP contribution in [0.3, 0.4) is 0 Å². The topological polar surface area (TPSA) is 21.3 Å². The fourth-order valence-corrected chi connectivity index (χ4v) is 2.55.